The van der Waals surface area contributed by atoms with Gasteiger partial charge in [-0.1, -0.05) is 19.4 Å². The molecule has 0 radical (unpaired) electrons. The van der Waals surface area contributed by atoms with Crippen LogP contribution in [-0.2, 0) is 6.42 Å². The number of hydrogen-bond acceptors (Lipinski definition) is 2. The van der Waals surface area contributed by atoms with Crippen LogP contribution in [0.4, 0.5) is 0 Å². The fourth-order valence-electron chi connectivity index (χ4n) is 1.70. The van der Waals surface area contributed by atoms with Gasteiger partial charge in [-0.15, -0.1) is 11.3 Å². The van der Waals surface area contributed by atoms with Crippen LogP contribution in [0.15, 0.2) is 17.5 Å². The molecule has 0 fully saturated rings. The van der Waals surface area contributed by atoms with Gasteiger partial charge < -0.3 is 5.32 Å². The fourth-order valence-corrected chi connectivity index (χ4v) is 2.45. The summed E-state index contributed by atoms with van der Waals surface area (Å²) in [7, 11) is 2.06. The minimum absolute atomic E-state index is 0.721. The number of aryl methyl sites for hydroxylation is 1. The van der Waals surface area contributed by atoms with E-state index in [4.69, 9.17) is 0 Å². The Kier molecular flexibility index (Phi) is 5.88. The average Bonchev–Trinajstić information content (AvgIpc) is 2.71. The van der Waals surface area contributed by atoms with Crippen molar-refractivity contribution in [2.75, 3.05) is 7.05 Å². The zero-order valence-corrected chi connectivity index (χ0v) is 10.1. The predicted octanol–water partition coefficient (Wildman–Crippen LogP) is 3.46. The van der Waals surface area contributed by atoms with Crippen molar-refractivity contribution in [1.82, 2.24) is 5.32 Å². The van der Waals surface area contributed by atoms with Crippen molar-refractivity contribution in [1.29, 1.82) is 0 Å². The lowest BCUT2D eigenvalue weighted by Crippen LogP contribution is -2.23. The zero-order valence-electron chi connectivity index (χ0n) is 9.25. The fraction of sp³-hybridized carbons (Fsp3) is 0.667. The van der Waals surface area contributed by atoms with Crippen LogP contribution in [0, 0.1) is 0 Å². The summed E-state index contributed by atoms with van der Waals surface area (Å²) in [6.45, 7) is 2.25. The van der Waals surface area contributed by atoms with E-state index in [0.29, 0.717) is 0 Å². The molecule has 80 valence electrons. The quantitative estimate of drug-likeness (QED) is 0.681. The molecule has 0 aromatic carbocycles. The number of nitrogens with one attached hydrogen (secondary N) is 1. The molecule has 1 rings (SSSR count). The molecule has 1 atom stereocenters. The third-order valence-electron chi connectivity index (χ3n) is 2.71. The van der Waals surface area contributed by atoms with E-state index >= 15 is 0 Å². The van der Waals surface area contributed by atoms with E-state index in [-0.39, 0.29) is 0 Å². The highest BCUT2D eigenvalue weighted by Crippen LogP contribution is 2.13. The highest BCUT2D eigenvalue weighted by molar-refractivity contribution is 7.09. The second-order valence-corrected chi connectivity index (χ2v) is 4.75. The van der Waals surface area contributed by atoms with Crippen molar-refractivity contribution >= 4 is 11.3 Å². The summed E-state index contributed by atoms with van der Waals surface area (Å²) in [5.74, 6) is 0. The summed E-state index contributed by atoms with van der Waals surface area (Å²) in [6, 6.07) is 5.10. The van der Waals surface area contributed by atoms with Gasteiger partial charge in [0.2, 0.25) is 0 Å². The van der Waals surface area contributed by atoms with E-state index in [0.717, 1.165) is 6.04 Å². The number of hydrogen-bond donors (Lipinski definition) is 1. The van der Waals surface area contributed by atoms with Gasteiger partial charge in [-0.2, -0.15) is 0 Å². The highest BCUT2D eigenvalue weighted by atomic mass is 32.1. The molecule has 0 amide bonds. The van der Waals surface area contributed by atoms with Gasteiger partial charge in [0.25, 0.3) is 0 Å². The normalized spacial score (nSPS) is 13.0. The summed E-state index contributed by atoms with van der Waals surface area (Å²) in [5, 5.41) is 5.51. The molecule has 1 unspecified atom stereocenters. The van der Waals surface area contributed by atoms with Crippen molar-refractivity contribution in [3.05, 3.63) is 22.4 Å². The van der Waals surface area contributed by atoms with Crippen LogP contribution in [-0.4, -0.2) is 13.1 Å². The van der Waals surface area contributed by atoms with Crippen LogP contribution in [0.2, 0.25) is 0 Å². The Morgan fingerprint density at radius 3 is 2.86 bits per heavy atom. The van der Waals surface area contributed by atoms with Crippen molar-refractivity contribution in [3.63, 3.8) is 0 Å². The van der Waals surface area contributed by atoms with Crippen LogP contribution >= 0.6 is 11.3 Å². The lowest BCUT2D eigenvalue weighted by atomic mass is 10.1. The molecule has 1 aromatic rings. The van der Waals surface area contributed by atoms with Crippen LogP contribution in [0.1, 0.15) is 37.5 Å². The minimum Gasteiger partial charge on any atom is -0.317 e. The van der Waals surface area contributed by atoms with Crippen molar-refractivity contribution in [2.24, 2.45) is 0 Å². The van der Waals surface area contributed by atoms with E-state index in [2.05, 4.69) is 36.8 Å². The van der Waals surface area contributed by atoms with E-state index in [1.807, 2.05) is 11.3 Å². The van der Waals surface area contributed by atoms with Crippen LogP contribution < -0.4 is 5.32 Å². The molecule has 0 aliphatic carbocycles. The average molecular weight is 211 g/mol. The van der Waals surface area contributed by atoms with Gasteiger partial charge in [-0.3, -0.25) is 0 Å². The van der Waals surface area contributed by atoms with Gasteiger partial charge in [0.05, 0.1) is 0 Å². The van der Waals surface area contributed by atoms with Crippen molar-refractivity contribution < 1.29 is 0 Å². The van der Waals surface area contributed by atoms with E-state index in [1.54, 1.807) is 0 Å². The lowest BCUT2D eigenvalue weighted by Gasteiger charge is -2.12. The molecule has 0 saturated carbocycles. The van der Waals surface area contributed by atoms with E-state index < -0.39 is 0 Å². The molecular weight excluding hydrogens is 190 g/mol. The highest BCUT2D eigenvalue weighted by Gasteiger charge is 2.02. The SMILES string of the molecule is CCC(CCCCc1cccs1)NC. The first-order valence-corrected chi connectivity index (χ1v) is 6.44. The Bertz CT molecular complexity index is 214. The van der Waals surface area contributed by atoms with Gasteiger partial charge >= 0.3 is 0 Å². The molecular formula is C12H21NS. The van der Waals surface area contributed by atoms with E-state index in [9.17, 15) is 0 Å². The summed E-state index contributed by atoms with van der Waals surface area (Å²) in [6.07, 6.45) is 6.50. The second-order valence-electron chi connectivity index (χ2n) is 3.72. The summed E-state index contributed by atoms with van der Waals surface area (Å²) >= 11 is 1.88. The van der Waals surface area contributed by atoms with Crippen molar-refractivity contribution in [3.8, 4) is 0 Å². The maximum Gasteiger partial charge on any atom is 0.00614 e. The maximum atomic E-state index is 3.35. The second kappa shape index (κ2) is 7.02. The van der Waals surface area contributed by atoms with Crippen LogP contribution in [0.25, 0.3) is 0 Å². The number of rotatable bonds is 7. The van der Waals surface area contributed by atoms with Gasteiger partial charge in [-0.05, 0) is 44.2 Å². The molecule has 2 heteroatoms. The Balaban J connectivity index is 2.04. The minimum atomic E-state index is 0.721. The Hall–Kier alpha value is -0.340. The Morgan fingerprint density at radius 1 is 1.43 bits per heavy atom. The molecule has 1 N–H and O–H groups in total. The summed E-state index contributed by atoms with van der Waals surface area (Å²) in [4.78, 5) is 1.53. The third kappa shape index (κ3) is 4.25. The van der Waals surface area contributed by atoms with Crippen LogP contribution in [0.3, 0.4) is 0 Å². The zero-order chi connectivity index (χ0) is 10.2. The summed E-state index contributed by atoms with van der Waals surface area (Å²) in [5.41, 5.74) is 0. The monoisotopic (exact) mass is 211 g/mol. The number of thiophene rings is 1. The van der Waals surface area contributed by atoms with Crippen molar-refractivity contribution in [2.45, 2.75) is 45.1 Å². The largest absolute Gasteiger partial charge is 0.317 e. The van der Waals surface area contributed by atoms with Gasteiger partial charge in [0, 0.05) is 10.9 Å². The predicted molar refractivity (Wildman–Crippen MR) is 65.0 cm³/mol. The Labute approximate surface area is 91.5 Å². The van der Waals surface area contributed by atoms with E-state index in [1.165, 1.54) is 37.0 Å². The molecule has 0 saturated heterocycles. The van der Waals surface area contributed by atoms with Crippen LogP contribution in [0.5, 0.6) is 0 Å². The standard InChI is InChI=1S/C12H21NS/c1-3-11(13-2)7-4-5-8-12-9-6-10-14-12/h6,9-11,13H,3-5,7-8H2,1-2H3. The molecule has 1 nitrogen and oxygen atoms in total. The molecule has 1 aromatic heterocycles. The molecule has 14 heavy (non-hydrogen) atoms. The molecule has 0 spiro atoms. The first-order valence-electron chi connectivity index (χ1n) is 5.56. The third-order valence-corrected chi connectivity index (χ3v) is 3.64. The van der Waals surface area contributed by atoms with Gasteiger partial charge in [0.1, 0.15) is 0 Å². The maximum absolute atomic E-state index is 3.35. The topological polar surface area (TPSA) is 12.0 Å². The first-order chi connectivity index (χ1) is 6.86. The molecule has 0 bridgehead atoms. The summed E-state index contributed by atoms with van der Waals surface area (Å²) < 4.78 is 0. The lowest BCUT2D eigenvalue weighted by molar-refractivity contribution is 0.483. The first kappa shape index (κ1) is 11.7. The Morgan fingerprint density at radius 2 is 2.29 bits per heavy atom. The van der Waals surface area contributed by atoms with Gasteiger partial charge in [-0.25, -0.2) is 0 Å². The molecule has 0 aliphatic rings. The molecule has 0 aliphatic heterocycles. The smallest absolute Gasteiger partial charge is 0.00614 e. The number of unbranched alkanes of at least 4 members (excludes halogenated alkanes) is 1. The molecule has 1 heterocycles. The van der Waals surface area contributed by atoms with Gasteiger partial charge in [0.15, 0.2) is 0 Å².